The summed E-state index contributed by atoms with van der Waals surface area (Å²) in [7, 11) is 0. The van der Waals surface area contributed by atoms with Crippen molar-refractivity contribution in [2.45, 2.75) is 25.4 Å². The Hall–Kier alpha value is -2.25. The van der Waals surface area contributed by atoms with Gasteiger partial charge in [-0.05, 0) is 42.1 Å². The zero-order chi connectivity index (χ0) is 17.4. The maximum absolute atomic E-state index is 13.4. The summed E-state index contributed by atoms with van der Waals surface area (Å²) in [6.45, 7) is 3.01. The third kappa shape index (κ3) is 3.05. The standard InChI is InChI=1S/C18H17FN2O3S/c1-18(13-5-7-25-16(13)4-6-23-18)10-20-17(22)9-14-12-8-11(19)2-3-15(12)24-21-14/h2-3,5,7-8H,4,6,9-10H2,1H3,(H,20,22)/t18-/m0/s1. The molecule has 0 unspecified atom stereocenters. The van der Waals surface area contributed by atoms with Gasteiger partial charge in [-0.3, -0.25) is 4.79 Å². The highest BCUT2D eigenvalue weighted by Crippen LogP contribution is 2.35. The van der Waals surface area contributed by atoms with E-state index >= 15 is 0 Å². The van der Waals surface area contributed by atoms with Crippen molar-refractivity contribution in [3.8, 4) is 0 Å². The highest BCUT2D eigenvalue weighted by atomic mass is 32.1. The molecule has 2 aromatic heterocycles. The molecule has 1 aromatic carbocycles. The first-order valence-electron chi connectivity index (χ1n) is 8.06. The maximum Gasteiger partial charge on any atom is 0.226 e. The van der Waals surface area contributed by atoms with Gasteiger partial charge < -0.3 is 14.6 Å². The number of nitrogens with one attached hydrogen (secondary N) is 1. The van der Waals surface area contributed by atoms with Crippen LogP contribution in [0.15, 0.2) is 34.2 Å². The van der Waals surface area contributed by atoms with Crippen LogP contribution in [0.5, 0.6) is 0 Å². The molecule has 0 fully saturated rings. The van der Waals surface area contributed by atoms with Crippen LogP contribution in [-0.4, -0.2) is 24.2 Å². The monoisotopic (exact) mass is 360 g/mol. The van der Waals surface area contributed by atoms with Crippen LogP contribution in [0.2, 0.25) is 0 Å². The number of nitrogens with zero attached hydrogens (tertiary/aromatic N) is 1. The van der Waals surface area contributed by atoms with Gasteiger partial charge in [-0.15, -0.1) is 11.3 Å². The summed E-state index contributed by atoms with van der Waals surface area (Å²) in [5, 5.41) is 9.37. The fraction of sp³-hybridized carbons (Fsp3) is 0.333. The Bertz CT molecular complexity index is 935. The highest BCUT2D eigenvalue weighted by Gasteiger charge is 2.34. The van der Waals surface area contributed by atoms with Crippen LogP contribution in [0.3, 0.4) is 0 Å². The fourth-order valence-electron chi connectivity index (χ4n) is 3.17. The average Bonchev–Trinajstić information content (AvgIpc) is 3.22. The van der Waals surface area contributed by atoms with E-state index < -0.39 is 5.60 Å². The Kier molecular flexibility index (Phi) is 4.05. The van der Waals surface area contributed by atoms with E-state index in [0.717, 1.165) is 12.0 Å². The van der Waals surface area contributed by atoms with Gasteiger partial charge in [-0.1, -0.05) is 5.16 Å². The van der Waals surface area contributed by atoms with E-state index in [4.69, 9.17) is 9.26 Å². The summed E-state index contributed by atoms with van der Waals surface area (Å²) < 4.78 is 24.5. The lowest BCUT2D eigenvalue weighted by Crippen LogP contribution is -2.43. The van der Waals surface area contributed by atoms with E-state index in [1.165, 1.54) is 23.1 Å². The summed E-state index contributed by atoms with van der Waals surface area (Å²) in [6.07, 6.45) is 0.941. The van der Waals surface area contributed by atoms with Crippen molar-refractivity contribution in [3.05, 3.63) is 51.6 Å². The van der Waals surface area contributed by atoms with Gasteiger partial charge >= 0.3 is 0 Å². The molecule has 0 aliphatic carbocycles. The lowest BCUT2D eigenvalue weighted by atomic mass is 9.93. The minimum Gasteiger partial charge on any atom is -0.368 e. The number of carbonyl (C=O) groups is 1. The topological polar surface area (TPSA) is 64.4 Å². The lowest BCUT2D eigenvalue weighted by Gasteiger charge is -2.34. The number of thiophene rings is 1. The first-order chi connectivity index (χ1) is 12.0. The minimum absolute atomic E-state index is 0.0308. The number of amides is 1. The summed E-state index contributed by atoms with van der Waals surface area (Å²) in [5.74, 6) is -0.586. The van der Waals surface area contributed by atoms with Gasteiger partial charge in [-0.25, -0.2) is 4.39 Å². The number of benzene rings is 1. The molecule has 1 aliphatic heterocycles. The van der Waals surface area contributed by atoms with Gasteiger partial charge in [0.2, 0.25) is 5.91 Å². The van der Waals surface area contributed by atoms with Crippen molar-refractivity contribution in [2.24, 2.45) is 0 Å². The summed E-state index contributed by atoms with van der Waals surface area (Å²) in [6, 6.07) is 6.20. The molecule has 1 atom stereocenters. The first kappa shape index (κ1) is 16.2. The number of fused-ring (bicyclic) bond motifs is 2. The van der Waals surface area contributed by atoms with Crippen molar-refractivity contribution < 1.29 is 18.4 Å². The Balaban J connectivity index is 1.45. The van der Waals surface area contributed by atoms with Gasteiger partial charge in [0.25, 0.3) is 0 Å². The van der Waals surface area contributed by atoms with Crippen molar-refractivity contribution in [2.75, 3.05) is 13.2 Å². The van der Waals surface area contributed by atoms with Crippen molar-refractivity contribution in [1.29, 1.82) is 0 Å². The number of halogens is 1. The second-order valence-electron chi connectivity index (χ2n) is 6.31. The second-order valence-corrected chi connectivity index (χ2v) is 7.31. The molecule has 0 bridgehead atoms. The van der Waals surface area contributed by atoms with Crippen LogP contribution in [0.25, 0.3) is 11.0 Å². The van der Waals surface area contributed by atoms with Gasteiger partial charge in [0, 0.05) is 16.7 Å². The predicted molar refractivity (Wildman–Crippen MR) is 92.0 cm³/mol. The SMILES string of the molecule is C[C@@]1(CNC(=O)Cc2noc3ccc(F)cc23)OCCc2sccc21. The summed E-state index contributed by atoms with van der Waals surface area (Å²) >= 11 is 1.72. The van der Waals surface area contributed by atoms with Crippen LogP contribution >= 0.6 is 11.3 Å². The molecule has 3 heterocycles. The molecule has 4 rings (SSSR count). The van der Waals surface area contributed by atoms with Crippen LogP contribution in [0.4, 0.5) is 4.39 Å². The molecule has 0 saturated carbocycles. The number of hydrogen-bond donors (Lipinski definition) is 1. The van der Waals surface area contributed by atoms with Gasteiger partial charge in [-0.2, -0.15) is 0 Å². The van der Waals surface area contributed by atoms with Crippen LogP contribution in [-0.2, 0) is 28.0 Å². The average molecular weight is 360 g/mol. The largest absolute Gasteiger partial charge is 0.368 e. The van der Waals surface area contributed by atoms with Crippen molar-refractivity contribution in [1.82, 2.24) is 10.5 Å². The molecule has 5 nitrogen and oxygen atoms in total. The van der Waals surface area contributed by atoms with E-state index in [0.29, 0.717) is 29.8 Å². The van der Waals surface area contributed by atoms with Crippen LogP contribution < -0.4 is 5.32 Å². The number of carbonyl (C=O) groups excluding carboxylic acids is 1. The Labute approximate surface area is 147 Å². The second kappa shape index (κ2) is 6.24. The van der Waals surface area contributed by atoms with E-state index in [1.807, 2.05) is 6.92 Å². The fourth-order valence-corrected chi connectivity index (χ4v) is 4.15. The summed E-state index contributed by atoms with van der Waals surface area (Å²) in [5.41, 5.74) is 1.51. The van der Waals surface area contributed by atoms with Gasteiger partial charge in [0.15, 0.2) is 5.58 Å². The molecule has 0 saturated heterocycles. The minimum atomic E-state index is -0.527. The van der Waals surface area contributed by atoms with Gasteiger partial charge in [0.1, 0.15) is 17.1 Å². The number of hydrogen-bond acceptors (Lipinski definition) is 5. The van der Waals surface area contributed by atoms with E-state index in [2.05, 4.69) is 21.9 Å². The van der Waals surface area contributed by atoms with E-state index in [9.17, 15) is 9.18 Å². The molecule has 1 amide bonds. The van der Waals surface area contributed by atoms with E-state index in [-0.39, 0.29) is 18.1 Å². The normalized spacial score (nSPS) is 19.8. The lowest BCUT2D eigenvalue weighted by molar-refractivity contribution is -0.122. The van der Waals surface area contributed by atoms with Crippen molar-refractivity contribution in [3.63, 3.8) is 0 Å². The molecule has 7 heteroatoms. The first-order valence-corrected chi connectivity index (χ1v) is 8.94. The Morgan fingerprint density at radius 1 is 1.44 bits per heavy atom. The molecule has 130 valence electrons. The maximum atomic E-state index is 13.4. The highest BCUT2D eigenvalue weighted by molar-refractivity contribution is 7.10. The molecule has 1 N–H and O–H groups in total. The van der Waals surface area contributed by atoms with Crippen molar-refractivity contribution >= 4 is 28.2 Å². The van der Waals surface area contributed by atoms with E-state index in [1.54, 1.807) is 11.3 Å². The number of rotatable bonds is 4. The third-order valence-electron chi connectivity index (χ3n) is 4.52. The number of aromatic nitrogens is 1. The Morgan fingerprint density at radius 3 is 3.20 bits per heavy atom. The molecule has 3 aromatic rings. The molecule has 0 spiro atoms. The number of ether oxygens (including phenoxy) is 1. The zero-order valence-corrected chi connectivity index (χ0v) is 14.5. The molecular formula is C18H17FN2O3S. The predicted octanol–water partition coefficient (Wildman–Crippen LogP) is 3.18. The van der Waals surface area contributed by atoms with Crippen LogP contribution in [0.1, 0.15) is 23.1 Å². The molecular weight excluding hydrogens is 343 g/mol. The Morgan fingerprint density at radius 2 is 2.32 bits per heavy atom. The zero-order valence-electron chi connectivity index (χ0n) is 13.7. The molecule has 1 aliphatic rings. The van der Waals surface area contributed by atoms with Crippen LogP contribution in [0, 0.1) is 5.82 Å². The third-order valence-corrected chi connectivity index (χ3v) is 5.50. The quantitative estimate of drug-likeness (QED) is 0.776. The molecule has 0 radical (unpaired) electrons. The van der Waals surface area contributed by atoms with Gasteiger partial charge in [0.05, 0.1) is 19.6 Å². The smallest absolute Gasteiger partial charge is 0.226 e. The molecule has 25 heavy (non-hydrogen) atoms. The summed E-state index contributed by atoms with van der Waals surface area (Å²) in [4.78, 5) is 13.6.